The Morgan fingerprint density at radius 1 is 1.00 bits per heavy atom. The van der Waals surface area contributed by atoms with Crippen LogP contribution in [-0.4, -0.2) is 7.11 Å². The van der Waals surface area contributed by atoms with Crippen LogP contribution in [0.5, 0.6) is 5.75 Å². The molecule has 1 unspecified atom stereocenters. The van der Waals surface area contributed by atoms with E-state index in [0.29, 0.717) is 0 Å². The first-order valence-corrected chi connectivity index (χ1v) is 8.26. The summed E-state index contributed by atoms with van der Waals surface area (Å²) < 4.78 is 7.57. The van der Waals surface area contributed by atoms with Gasteiger partial charge in [-0.15, -0.1) is 0 Å². The Hall–Kier alpha value is -0.320. The Morgan fingerprint density at radius 3 is 2.42 bits per heavy atom. The number of benzene rings is 2. The largest absolute Gasteiger partial charge is 0.496 e. The first-order chi connectivity index (χ1) is 9.02. The van der Waals surface area contributed by atoms with Crippen LogP contribution in [0.25, 0.3) is 0 Å². The minimum atomic E-state index is 0.0780. The van der Waals surface area contributed by atoms with Crippen molar-refractivity contribution in [1.29, 1.82) is 0 Å². The quantitative estimate of drug-likeness (QED) is 0.522. The molecule has 1 nitrogen and oxygen atoms in total. The molecule has 4 heteroatoms. The van der Waals surface area contributed by atoms with E-state index in [9.17, 15) is 0 Å². The van der Waals surface area contributed by atoms with Crippen molar-refractivity contribution in [2.24, 2.45) is 0 Å². The number of rotatable bonds is 3. The maximum atomic E-state index is 5.45. The van der Waals surface area contributed by atoms with Crippen LogP contribution in [0.3, 0.4) is 0 Å². The van der Waals surface area contributed by atoms with E-state index in [1.165, 1.54) is 11.1 Å². The van der Waals surface area contributed by atoms with Crippen LogP contribution >= 0.6 is 47.8 Å². The lowest BCUT2D eigenvalue weighted by Gasteiger charge is -2.17. The monoisotopic (exact) mass is 446 g/mol. The highest BCUT2D eigenvalue weighted by molar-refractivity contribution is 9.11. The van der Waals surface area contributed by atoms with Gasteiger partial charge in [-0.3, -0.25) is 0 Å². The fourth-order valence-corrected chi connectivity index (χ4v) is 3.83. The maximum absolute atomic E-state index is 5.45. The summed E-state index contributed by atoms with van der Waals surface area (Å²) in [7, 11) is 1.69. The average molecular weight is 449 g/mol. The lowest BCUT2D eigenvalue weighted by Crippen LogP contribution is -1.98. The summed E-state index contributed by atoms with van der Waals surface area (Å²) in [6.45, 7) is 2.09. The SMILES string of the molecule is COc1ccc(Br)cc1C(Br)c1cc(C)ccc1Br. The van der Waals surface area contributed by atoms with E-state index in [-0.39, 0.29) is 4.83 Å². The summed E-state index contributed by atoms with van der Waals surface area (Å²) in [5.41, 5.74) is 3.52. The Kier molecular flexibility index (Phi) is 5.09. The molecule has 19 heavy (non-hydrogen) atoms. The molecule has 0 radical (unpaired) electrons. The second-order valence-electron chi connectivity index (χ2n) is 4.27. The van der Waals surface area contributed by atoms with Gasteiger partial charge >= 0.3 is 0 Å². The van der Waals surface area contributed by atoms with Gasteiger partial charge in [-0.05, 0) is 36.8 Å². The molecule has 0 aliphatic carbocycles. The molecule has 0 saturated carbocycles. The number of methoxy groups -OCH3 is 1. The fraction of sp³-hybridized carbons (Fsp3) is 0.200. The van der Waals surface area contributed by atoms with Crippen LogP contribution in [-0.2, 0) is 0 Å². The Labute approximate surface area is 138 Å². The molecule has 0 saturated heterocycles. The predicted molar refractivity (Wildman–Crippen MR) is 90.3 cm³/mol. The van der Waals surface area contributed by atoms with Crippen molar-refractivity contribution in [2.75, 3.05) is 7.11 Å². The number of alkyl halides is 1. The van der Waals surface area contributed by atoms with Gasteiger partial charge in [0.05, 0.1) is 11.9 Å². The molecule has 0 bridgehead atoms. The molecule has 0 N–H and O–H groups in total. The van der Waals surface area contributed by atoms with Gasteiger partial charge in [0.1, 0.15) is 5.75 Å². The van der Waals surface area contributed by atoms with Gasteiger partial charge in [0.25, 0.3) is 0 Å². The molecular weight excluding hydrogens is 436 g/mol. The van der Waals surface area contributed by atoms with Gasteiger partial charge in [-0.25, -0.2) is 0 Å². The zero-order valence-corrected chi connectivity index (χ0v) is 15.3. The average Bonchev–Trinajstić information content (AvgIpc) is 2.40. The van der Waals surface area contributed by atoms with Crippen molar-refractivity contribution in [3.05, 3.63) is 62.0 Å². The zero-order valence-electron chi connectivity index (χ0n) is 10.6. The van der Waals surface area contributed by atoms with Gasteiger partial charge in [-0.1, -0.05) is 65.5 Å². The molecule has 2 rings (SSSR count). The van der Waals surface area contributed by atoms with Crippen LogP contribution in [0.4, 0.5) is 0 Å². The third kappa shape index (κ3) is 3.41. The first-order valence-electron chi connectivity index (χ1n) is 5.76. The van der Waals surface area contributed by atoms with E-state index >= 15 is 0 Å². The number of halogens is 3. The Bertz CT molecular complexity index is 596. The molecule has 0 amide bonds. The highest BCUT2D eigenvalue weighted by Gasteiger charge is 2.18. The van der Waals surface area contributed by atoms with Crippen molar-refractivity contribution >= 4 is 47.8 Å². The van der Waals surface area contributed by atoms with E-state index in [0.717, 1.165) is 20.3 Å². The zero-order chi connectivity index (χ0) is 14.0. The molecule has 1 atom stereocenters. The Morgan fingerprint density at radius 2 is 1.74 bits per heavy atom. The van der Waals surface area contributed by atoms with Crippen molar-refractivity contribution in [3.8, 4) is 5.75 Å². The third-order valence-electron chi connectivity index (χ3n) is 2.89. The maximum Gasteiger partial charge on any atom is 0.123 e. The summed E-state index contributed by atoms with van der Waals surface area (Å²) in [4.78, 5) is 0.0780. The third-order valence-corrected chi connectivity index (χ3v) is 5.09. The normalized spacial score (nSPS) is 12.3. The summed E-state index contributed by atoms with van der Waals surface area (Å²) in [6.07, 6.45) is 0. The summed E-state index contributed by atoms with van der Waals surface area (Å²) in [5, 5.41) is 0. The van der Waals surface area contributed by atoms with Crippen LogP contribution < -0.4 is 4.74 Å². The highest BCUT2D eigenvalue weighted by atomic mass is 79.9. The van der Waals surface area contributed by atoms with Crippen molar-refractivity contribution < 1.29 is 4.74 Å². The lowest BCUT2D eigenvalue weighted by molar-refractivity contribution is 0.410. The molecule has 0 fully saturated rings. The highest BCUT2D eigenvalue weighted by Crippen LogP contribution is 2.40. The number of hydrogen-bond acceptors (Lipinski definition) is 1. The van der Waals surface area contributed by atoms with Gasteiger partial charge in [0.2, 0.25) is 0 Å². The summed E-state index contributed by atoms with van der Waals surface area (Å²) in [6, 6.07) is 12.4. The molecule has 100 valence electrons. The van der Waals surface area contributed by atoms with Crippen molar-refractivity contribution in [2.45, 2.75) is 11.8 Å². The minimum Gasteiger partial charge on any atom is -0.496 e. The number of aryl methyl sites for hydroxylation is 1. The van der Waals surface area contributed by atoms with E-state index in [1.807, 2.05) is 12.1 Å². The van der Waals surface area contributed by atoms with Crippen LogP contribution in [0.2, 0.25) is 0 Å². The van der Waals surface area contributed by atoms with Gasteiger partial charge in [0.15, 0.2) is 0 Å². The molecule has 0 heterocycles. The Balaban J connectivity index is 2.51. The molecule has 0 aliphatic rings. The van der Waals surface area contributed by atoms with Crippen molar-refractivity contribution in [3.63, 3.8) is 0 Å². The van der Waals surface area contributed by atoms with Crippen LogP contribution in [0.15, 0.2) is 45.3 Å². The molecule has 2 aromatic rings. The summed E-state index contributed by atoms with van der Waals surface area (Å²) >= 11 is 10.9. The molecule has 0 aromatic heterocycles. The second-order valence-corrected chi connectivity index (χ2v) is 6.96. The van der Waals surface area contributed by atoms with Gasteiger partial charge in [0, 0.05) is 14.5 Å². The van der Waals surface area contributed by atoms with Crippen LogP contribution in [0, 0.1) is 6.92 Å². The van der Waals surface area contributed by atoms with Gasteiger partial charge < -0.3 is 4.74 Å². The smallest absolute Gasteiger partial charge is 0.123 e. The van der Waals surface area contributed by atoms with Crippen molar-refractivity contribution in [1.82, 2.24) is 0 Å². The number of hydrogen-bond donors (Lipinski definition) is 0. The van der Waals surface area contributed by atoms with E-state index in [2.05, 4.69) is 79.0 Å². The molecule has 0 aliphatic heterocycles. The second kappa shape index (κ2) is 6.42. The number of ether oxygens (including phenoxy) is 1. The molecule has 0 spiro atoms. The topological polar surface area (TPSA) is 9.23 Å². The summed E-state index contributed by atoms with van der Waals surface area (Å²) in [5.74, 6) is 0.874. The predicted octanol–water partition coefficient (Wildman–Crippen LogP) is 6.01. The standard InChI is InChI=1S/C15H13Br3O/c1-9-3-5-13(17)11(7-9)15(18)12-8-10(16)4-6-14(12)19-2/h3-8,15H,1-2H3. The lowest BCUT2D eigenvalue weighted by atomic mass is 10.0. The molecule has 2 aromatic carbocycles. The fourth-order valence-electron chi connectivity index (χ4n) is 1.93. The first kappa shape index (κ1) is 15.1. The van der Waals surface area contributed by atoms with E-state index in [4.69, 9.17) is 4.74 Å². The minimum absolute atomic E-state index is 0.0780. The van der Waals surface area contributed by atoms with Crippen LogP contribution in [0.1, 0.15) is 21.5 Å². The van der Waals surface area contributed by atoms with E-state index < -0.39 is 0 Å². The van der Waals surface area contributed by atoms with Gasteiger partial charge in [-0.2, -0.15) is 0 Å². The van der Waals surface area contributed by atoms with E-state index in [1.54, 1.807) is 7.11 Å². The molecular formula is C15H13Br3O.